The SMILES string of the molecule is CCCC/C=C\CCCCCCCC(=O)OC(COCCCCCCCCCC/C=C\C/C=C\CCCCC)COC(=O)CCCCCCC/C=C\C/C=C\CCCCC. The van der Waals surface area contributed by atoms with E-state index in [-0.39, 0.29) is 25.2 Å². The van der Waals surface area contributed by atoms with E-state index in [4.69, 9.17) is 14.2 Å². The van der Waals surface area contributed by atoms with E-state index in [1.54, 1.807) is 0 Å². The first-order chi connectivity index (χ1) is 29.6. The Kier molecular flexibility index (Phi) is 48.9. The number of carbonyl (C=O) groups is 2. The third-order valence-corrected chi connectivity index (χ3v) is 11.0. The van der Waals surface area contributed by atoms with Crippen LogP contribution in [0.3, 0.4) is 0 Å². The minimum Gasteiger partial charge on any atom is -0.462 e. The van der Waals surface area contributed by atoms with Crippen LogP contribution in [0.5, 0.6) is 0 Å². The summed E-state index contributed by atoms with van der Waals surface area (Å²) in [6, 6.07) is 0. The van der Waals surface area contributed by atoms with Crippen molar-refractivity contribution in [1.82, 2.24) is 0 Å². The van der Waals surface area contributed by atoms with Crippen LogP contribution >= 0.6 is 0 Å². The van der Waals surface area contributed by atoms with Gasteiger partial charge in [0.2, 0.25) is 0 Å². The smallest absolute Gasteiger partial charge is 0.306 e. The second-order valence-electron chi connectivity index (χ2n) is 17.1. The molecule has 0 aliphatic heterocycles. The zero-order chi connectivity index (χ0) is 43.5. The number of carbonyl (C=O) groups excluding carboxylic acids is 2. The maximum Gasteiger partial charge on any atom is 0.306 e. The molecule has 348 valence electrons. The van der Waals surface area contributed by atoms with Crippen LogP contribution in [0.4, 0.5) is 0 Å². The predicted molar refractivity (Wildman–Crippen MR) is 261 cm³/mol. The van der Waals surface area contributed by atoms with Crippen LogP contribution in [0, 0.1) is 0 Å². The summed E-state index contributed by atoms with van der Waals surface area (Å²) in [7, 11) is 0. The molecule has 0 saturated heterocycles. The van der Waals surface area contributed by atoms with Crippen LogP contribution in [-0.2, 0) is 23.8 Å². The number of rotatable bonds is 47. The molecule has 0 saturated carbocycles. The van der Waals surface area contributed by atoms with Gasteiger partial charge in [-0.1, -0.05) is 197 Å². The number of hydrogen-bond acceptors (Lipinski definition) is 5. The van der Waals surface area contributed by atoms with Gasteiger partial charge < -0.3 is 14.2 Å². The third kappa shape index (κ3) is 48.3. The van der Waals surface area contributed by atoms with Gasteiger partial charge in [-0.05, 0) is 103 Å². The van der Waals surface area contributed by atoms with Crippen molar-refractivity contribution in [2.45, 2.75) is 258 Å². The molecule has 0 heterocycles. The highest BCUT2D eigenvalue weighted by molar-refractivity contribution is 5.70. The number of hydrogen-bond donors (Lipinski definition) is 0. The molecule has 0 N–H and O–H groups in total. The molecule has 1 atom stereocenters. The summed E-state index contributed by atoms with van der Waals surface area (Å²) < 4.78 is 17.4. The maximum atomic E-state index is 12.8. The quantitative estimate of drug-likeness (QED) is 0.0347. The molecule has 0 spiro atoms. The van der Waals surface area contributed by atoms with E-state index >= 15 is 0 Å². The summed E-state index contributed by atoms with van der Waals surface area (Å²) in [6.45, 7) is 7.72. The van der Waals surface area contributed by atoms with Gasteiger partial charge in [-0.2, -0.15) is 0 Å². The van der Waals surface area contributed by atoms with Crippen LogP contribution in [0.15, 0.2) is 60.8 Å². The first kappa shape index (κ1) is 57.6. The Morgan fingerprint density at radius 1 is 0.367 bits per heavy atom. The van der Waals surface area contributed by atoms with Crippen LogP contribution in [0.1, 0.15) is 252 Å². The van der Waals surface area contributed by atoms with E-state index in [0.717, 1.165) is 77.0 Å². The lowest BCUT2D eigenvalue weighted by Gasteiger charge is -2.18. The molecular formula is C55H98O5. The van der Waals surface area contributed by atoms with Crippen molar-refractivity contribution in [3.63, 3.8) is 0 Å². The molecule has 60 heavy (non-hydrogen) atoms. The molecule has 0 radical (unpaired) electrons. The van der Waals surface area contributed by atoms with Crippen LogP contribution in [-0.4, -0.2) is 37.9 Å². The molecule has 0 aliphatic rings. The molecule has 0 bridgehead atoms. The predicted octanol–water partition coefficient (Wildman–Crippen LogP) is 17.3. The Balaban J connectivity index is 4.26. The van der Waals surface area contributed by atoms with Gasteiger partial charge in [0.1, 0.15) is 6.61 Å². The van der Waals surface area contributed by atoms with Gasteiger partial charge in [-0.3, -0.25) is 9.59 Å². The van der Waals surface area contributed by atoms with Gasteiger partial charge in [0.15, 0.2) is 6.10 Å². The lowest BCUT2D eigenvalue weighted by Crippen LogP contribution is -2.30. The molecule has 0 aromatic rings. The molecule has 0 rings (SSSR count). The Hall–Kier alpha value is -2.40. The topological polar surface area (TPSA) is 61.8 Å². The summed E-state index contributed by atoms with van der Waals surface area (Å²) in [5.74, 6) is -0.423. The minimum absolute atomic E-state index is 0.0720. The highest BCUT2D eigenvalue weighted by atomic mass is 16.6. The van der Waals surface area contributed by atoms with Gasteiger partial charge in [-0.15, -0.1) is 0 Å². The lowest BCUT2D eigenvalue weighted by molar-refractivity contribution is -0.163. The Labute approximate surface area is 373 Å². The second kappa shape index (κ2) is 51.0. The van der Waals surface area contributed by atoms with Crippen molar-refractivity contribution in [2.24, 2.45) is 0 Å². The lowest BCUT2D eigenvalue weighted by atomic mass is 10.1. The van der Waals surface area contributed by atoms with Crippen molar-refractivity contribution in [3.05, 3.63) is 60.8 Å². The van der Waals surface area contributed by atoms with Crippen LogP contribution < -0.4 is 0 Å². The van der Waals surface area contributed by atoms with Crippen molar-refractivity contribution < 1.29 is 23.8 Å². The number of unbranched alkanes of at least 4 members (excludes halogenated alkanes) is 26. The number of esters is 2. The largest absolute Gasteiger partial charge is 0.462 e. The van der Waals surface area contributed by atoms with Gasteiger partial charge >= 0.3 is 11.9 Å². The molecule has 5 nitrogen and oxygen atoms in total. The molecule has 0 aromatic heterocycles. The standard InChI is InChI=1S/C55H98O5/c1-4-7-10-13-16-19-22-24-26-27-28-30-32-35-38-41-44-47-50-58-51-53(60-55(57)49-46-43-40-37-33-21-18-15-12-9-6-3)52-59-54(56)48-45-42-39-36-34-31-29-25-23-20-17-14-11-8-5-2/h15-20,24-26,29,53H,4-14,21-23,27-28,30-52H2,1-3H3/b18-15-,19-16-,20-17-,26-24-,29-25-. The molecule has 0 aliphatic carbocycles. The summed E-state index contributed by atoms with van der Waals surface area (Å²) in [5.41, 5.74) is 0. The van der Waals surface area contributed by atoms with Gasteiger partial charge in [0, 0.05) is 19.4 Å². The van der Waals surface area contributed by atoms with E-state index in [2.05, 4.69) is 81.5 Å². The maximum absolute atomic E-state index is 12.8. The van der Waals surface area contributed by atoms with Crippen molar-refractivity contribution in [1.29, 1.82) is 0 Å². The fraction of sp³-hybridized carbons (Fsp3) is 0.782. The van der Waals surface area contributed by atoms with Crippen molar-refractivity contribution >= 4 is 11.9 Å². The van der Waals surface area contributed by atoms with Gasteiger partial charge in [0.05, 0.1) is 6.61 Å². The fourth-order valence-electron chi connectivity index (χ4n) is 7.08. The average molecular weight is 839 g/mol. The molecule has 5 heteroatoms. The first-order valence-electron chi connectivity index (χ1n) is 25.8. The van der Waals surface area contributed by atoms with Crippen LogP contribution in [0.25, 0.3) is 0 Å². The highest BCUT2D eigenvalue weighted by Crippen LogP contribution is 2.13. The van der Waals surface area contributed by atoms with Gasteiger partial charge in [0.25, 0.3) is 0 Å². The fourth-order valence-corrected chi connectivity index (χ4v) is 7.08. The normalized spacial score (nSPS) is 12.7. The summed E-state index contributed by atoms with van der Waals surface area (Å²) in [6.07, 6.45) is 63.7. The van der Waals surface area contributed by atoms with E-state index < -0.39 is 6.10 Å². The van der Waals surface area contributed by atoms with Crippen molar-refractivity contribution in [3.8, 4) is 0 Å². The summed E-state index contributed by atoms with van der Waals surface area (Å²) in [5, 5.41) is 0. The van der Waals surface area contributed by atoms with Gasteiger partial charge in [-0.25, -0.2) is 0 Å². The minimum atomic E-state index is -0.549. The Morgan fingerprint density at radius 2 is 0.717 bits per heavy atom. The van der Waals surface area contributed by atoms with Crippen molar-refractivity contribution in [2.75, 3.05) is 19.8 Å². The number of allylic oxidation sites excluding steroid dienone is 10. The summed E-state index contributed by atoms with van der Waals surface area (Å²) in [4.78, 5) is 25.3. The monoisotopic (exact) mass is 839 g/mol. The average Bonchev–Trinajstić information content (AvgIpc) is 3.25. The Bertz CT molecular complexity index is 1040. The molecule has 0 fully saturated rings. The van der Waals surface area contributed by atoms with E-state index in [1.165, 1.54) is 141 Å². The van der Waals surface area contributed by atoms with E-state index in [1.807, 2.05) is 0 Å². The summed E-state index contributed by atoms with van der Waals surface area (Å²) >= 11 is 0. The Morgan fingerprint density at radius 3 is 1.17 bits per heavy atom. The molecule has 0 amide bonds. The first-order valence-corrected chi connectivity index (χ1v) is 25.8. The second-order valence-corrected chi connectivity index (χ2v) is 17.1. The van der Waals surface area contributed by atoms with E-state index in [9.17, 15) is 9.59 Å². The molecule has 1 unspecified atom stereocenters. The van der Waals surface area contributed by atoms with Crippen LogP contribution in [0.2, 0.25) is 0 Å². The zero-order valence-corrected chi connectivity index (χ0v) is 40.0. The highest BCUT2D eigenvalue weighted by Gasteiger charge is 2.17. The number of ether oxygens (including phenoxy) is 3. The third-order valence-electron chi connectivity index (χ3n) is 11.0. The van der Waals surface area contributed by atoms with E-state index in [0.29, 0.717) is 19.4 Å². The molecular weight excluding hydrogens is 741 g/mol. The zero-order valence-electron chi connectivity index (χ0n) is 40.0. The molecule has 0 aromatic carbocycles.